The molecule has 0 atom stereocenters. The Hall–Kier alpha value is -1.37. The molecule has 1 aromatic rings. The van der Waals surface area contributed by atoms with Crippen molar-refractivity contribution in [3.8, 4) is 6.07 Å². The molecule has 0 saturated heterocycles. The van der Waals surface area contributed by atoms with Crippen LogP contribution in [-0.2, 0) is 6.54 Å². The number of rotatable bonds is 6. The molecular formula is C15H21N3. The zero-order chi connectivity index (χ0) is 13.0. The molecule has 0 amide bonds. The summed E-state index contributed by atoms with van der Waals surface area (Å²) in [5.41, 5.74) is 3.21. The predicted molar refractivity (Wildman–Crippen MR) is 73.3 cm³/mol. The summed E-state index contributed by atoms with van der Waals surface area (Å²) in [4.78, 5) is 2.43. The third kappa shape index (κ3) is 3.56. The highest BCUT2D eigenvalue weighted by Gasteiger charge is 2.25. The number of hydrogen-bond acceptors (Lipinski definition) is 3. The monoisotopic (exact) mass is 243 g/mol. The molecule has 18 heavy (non-hydrogen) atoms. The predicted octanol–water partition coefficient (Wildman–Crippen LogP) is 2.05. The van der Waals surface area contributed by atoms with E-state index in [-0.39, 0.29) is 0 Å². The molecule has 0 radical (unpaired) electrons. The van der Waals surface area contributed by atoms with Crippen LogP contribution in [0.4, 0.5) is 0 Å². The van der Waals surface area contributed by atoms with Crippen molar-refractivity contribution in [2.24, 2.45) is 0 Å². The van der Waals surface area contributed by atoms with E-state index in [0.717, 1.165) is 31.2 Å². The average Bonchev–Trinajstić information content (AvgIpc) is 3.20. The van der Waals surface area contributed by atoms with Gasteiger partial charge < -0.3 is 10.2 Å². The van der Waals surface area contributed by atoms with Crippen LogP contribution in [0.5, 0.6) is 0 Å². The van der Waals surface area contributed by atoms with E-state index in [1.165, 1.54) is 24.0 Å². The Balaban J connectivity index is 1.74. The minimum Gasteiger partial charge on any atom is -0.311 e. The van der Waals surface area contributed by atoms with E-state index in [4.69, 9.17) is 5.26 Å². The van der Waals surface area contributed by atoms with Gasteiger partial charge in [0.1, 0.15) is 0 Å². The second-order valence-electron chi connectivity index (χ2n) is 5.14. The minimum atomic E-state index is 0.740. The molecule has 3 heteroatoms. The summed E-state index contributed by atoms with van der Waals surface area (Å²) in [5, 5.41) is 12.3. The van der Waals surface area contributed by atoms with Crippen LogP contribution in [0, 0.1) is 18.3 Å². The molecule has 1 aromatic carbocycles. The average molecular weight is 243 g/mol. The molecule has 0 spiro atoms. The Morgan fingerprint density at radius 2 is 2.22 bits per heavy atom. The summed E-state index contributed by atoms with van der Waals surface area (Å²) in [6.07, 6.45) is 2.73. The first-order chi connectivity index (χ1) is 8.70. The lowest BCUT2D eigenvalue weighted by atomic mass is 10.1. The maximum absolute atomic E-state index is 8.81. The summed E-state index contributed by atoms with van der Waals surface area (Å²) in [6.45, 7) is 5.08. The molecule has 0 aromatic heterocycles. The Morgan fingerprint density at radius 3 is 2.83 bits per heavy atom. The number of likely N-dealkylation sites (N-methyl/N-ethyl adjacent to an activating group) is 1. The first-order valence-electron chi connectivity index (χ1n) is 6.61. The first kappa shape index (κ1) is 13.1. The number of hydrogen-bond donors (Lipinski definition) is 1. The number of benzene rings is 1. The highest BCUT2D eigenvalue weighted by Crippen LogP contribution is 2.24. The maximum Gasteiger partial charge on any atom is 0.0991 e. The summed E-state index contributed by atoms with van der Waals surface area (Å²) in [5.74, 6) is 0. The van der Waals surface area contributed by atoms with E-state index >= 15 is 0 Å². The SMILES string of the molecule is Cc1cc(C#N)ccc1CNCCN(C)C1CC1. The van der Waals surface area contributed by atoms with Gasteiger partial charge in [-0.15, -0.1) is 0 Å². The lowest BCUT2D eigenvalue weighted by molar-refractivity contribution is 0.321. The van der Waals surface area contributed by atoms with Crippen molar-refractivity contribution in [2.45, 2.75) is 32.4 Å². The number of aryl methyl sites for hydroxylation is 1. The van der Waals surface area contributed by atoms with Crippen LogP contribution < -0.4 is 5.32 Å². The van der Waals surface area contributed by atoms with Crippen molar-refractivity contribution >= 4 is 0 Å². The van der Waals surface area contributed by atoms with Gasteiger partial charge in [0.05, 0.1) is 11.6 Å². The van der Waals surface area contributed by atoms with Crippen LogP contribution in [-0.4, -0.2) is 31.1 Å². The smallest absolute Gasteiger partial charge is 0.0991 e. The molecular weight excluding hydrogens is 222 g/mol. The van der Waals surface area contributed by atoms with E-state index in [1.54, 1.807) is 0 Å². The molecule has 96 valence electrons. The first-order valence-corrected chi connectivity index (χ1v) is 6.61. The molecule has 1 aliphatic carbocycles. The van der Waals surface area contributed by atoms with Gasteiger partial charge in [-0.3, -0.25) is 0 Å². The fraction of sp³-hybridized carbons (Fsp3) is 0.533. The van der Waals surface area contributed by atoms with Crippen LogP contribution in [0.3, 0.4) is 0 Å². The molecule has 1 saturated carbocycles. The van der Waals surface area contributed by atoms with Crippen LogP contribution in [0.15, 0.2) is 18.2 Å². The lowest BCUT2D eigenvalue weighted by Crippen LogP contribution is -2.30. The third-order valence-corrected chi connectivity index (χ3v) is 3.60. The van der Waals surface area contributed by atoms with Crippen molar-refractivity contribution < 1.29 is 0 Å². The van der Waals surface area contributed by atoms with Crippen molar-refractivity contribution in [3.63, 3.8) is 0 Å². The van der Waals surface area contributed by atoms with E-state index in [2.05, 4.69) is 30.3 Å². The van der Waals surface area contributed by atoms with Gasteiger partial charge in [0.2, 0.25) is 0 Å². The minimum absolute atomic E-state index is 0.740. The maximum atomic E-state index is 8.81. The largest absolute Gasteiger partial charge is 0.311 e. The van der Waals surface area contributed by atoms with Crippen molar-refractivity contribution in [3.05, 3.63) is 34.9 Å². The number of nitrogens with one attached hydrogen (secondary N) is 1. The highest BCUT2D eigenvalue weighted by molar-refractivity contribution is 5.37. The topological polar surface area (TPSA) is 39.1 Å². The Kier molecular flexibility index (Phi) is 4.35. The van der Waals surface area contributed by atoms with Crippen LogP contribution >= 0.6 is 0 Å². The zero-order valence-corrected chi connectivity index (χ0v) is 11.2. The Labute approximate surface area is 109 Å². The molecule has 0 unspecified atom stereocenters. The van der Waals surface area contributed by atoms with E-state index in [1.807, 2.05) is 18.2 Å². The van der Waals surface area contributed by atoms with Gasteiger partial charge in [0.25, 0.3) is 0 Å². The molecule has 0 aliphatic heterocycles. The Bertz CT molecular complexity index is 444. The quantitative estimate of drug-likeness (QED) is 0.777. The third-order valence-electron chi connectivity index (χ3n) is 3.60. The standard InChI is InChI=1S/C15H21N3/c1-12-9-13(10-16)3-4-14(12)11-17-7-8-18(2)15-5-6-15/h3-4,9,15,17H,5-8,11H2,1-2H3. The zero-order valence-electron chi connectivity index (χ0n) is 11.2. The van der Waals surface area contributed by atoms with Gasteiger partial charge in [-0.25, -0.2) is 0 Å². The summed E-state index contributed by atoms with van der Waals surface area (Å²) in [7, 11) is 2.20. The van der Waals surface area contributed by atoms with Gasteiger partial charge in [-0.2, -0.15) is 5.26 Å². The summed E-state index contributed by atoms with van der Waals surface area (Å²) in [6, 6.07) is 8.89. The molecule has 1 N–H and O–H groups in total. The van der Waals surface area contributed by atoms with Gasteiger partial charge >= 0.3 is 0 Å². The van der Waals surface area contributed by atoms with Crippen LogP contribution in [0.1, 0.15) is 29.5 Å². The van der Waals surface area contributed by atoms with Crippen LogP contribution in [0.25, 0.3) is 0 Å². The normalized spacial score (nSPS) is 14.8. The Morgan fingerprint density at radius 1 is 1.44 bits per heavy atom. The lowest BCUT2D eigenvalue weighted by Gasteiger charge is -2.16. The molecule has 1 fully saturated rings. The molecule has 3 nitrogen and oxygen atoms in total. The molecule has 0 heterocycles. The number of nitriles is 1. The summed E-state index contributed by atoms with van der Waals surface area (Å²) >= 11 is 0. The van der Waals surface area contributed by atoms with Gasteiger partial charge in [-0.05, 0) is 50.1 Å². The highest BCUT2D eigenvalue weighted by atomic mass is 15.2. The van der Waals surface area contributed by atoms with Crippen molar-refractivity contribution in [1.29, 1.82) is 5.26 Å². The fourth-order valence-corrected chi connectivity index (χ4v) is 2.14. The van der Waals surface area contributed by atoms with E-state index < -0.39 is 0 Å². The van der Waals surface area contributed by atoms with Gasteiger partial charge in [0.15, 0.2) is 0 Å². The molecule has 0 bridgehead atoms. The van der Waals surface area contributed by atoms with E-state index in [9.17, 15) is 0 Å². The fourth-order valence-electron chi connectivity index (χ4n) is 2.14. The summed E-state index contributed by atoms with van der Waals surface area (Å²) < 4.78 is 0. The molecule has 2 rings (SSSR count). The second-order valence-corrected chi connectivity index (χ2v) is 5.14. The van der Waals surface area contributed by atoms with E-state index in [0.29, 0.717) is 0 Å². The van der Waals surface area contributed by atoms with Crippen molar-refractivity contribution in [2.75, 3.05) is 20.1 Å². The second kappa shape index (κ2) is 5.99. The molecule has 1 aliphatic rings. The number of nitrogens with zero attached hydrogens (tertiary/aromatic N) is 2. The van der Waals surface area contributed by atoms with Gasteiger partial charge in [-0.1, -0.05) is 6.07 Å². The van der Waals surface area contributed by atoms with Crippen LogP contribution in [0.2, 0.25) is 0 Å². The van der Waals surface area contributed by atoms with Gasteiger partial charge in [0, 0.05) is 25.7 Å². The van der Waals surface area contributed by atoms with Crippen molar-refractivity contribution in [1.82, 2.24) is 10.2 Å².